The van der Waals surface area contributed by atoms with E-state index in [4.69, 9.17) is 4.74 Å². The van der Waals surface area contributed by atoms with Crippen LogP contribution in [0.25, 0.3) is 0 Å². The highest BCUT2D eigenvalue weighted by Crippen LogP contribution is 2.72. The van der Waals surface area contributed by atoms with Crippen molar-refractivity contribution in [1.82, 2.24) is 0 Å². The lowest BCUT2D eigenvalue weighted by molar-refractivity contribution is 0.174. The van der Waals surface area contributed by atoms with E-state index < -0.39 is 8.07 Å². The summed E-state index contributed by atoms with van der Waals surface area (Å²) in [6, 6.07) is 34.2. The molecule has 3 aliphatic rings. The van der Waals surface area contributed by atoms with Crippen LogP contribution < -0.4 is 15.6 Å². The van der Waals surface area contributed by atoms with Crippen molar-refractivity contribution in [3.63, 3.8) is 0 Å². The van der Waals surface area contributed by atoms with E-state index in [1.807, 2.05) is 0 Å². The molecule has 28 heavy (non-hydrogen) atoms. The van der Waals surface area contributed by atoms with Crippen molar-refractivity contribution >= 4 is 23.6 Å². The maximum Gasteiger partial charge on any atom is 0.151 e. The number of ether oxygens (including phenoxy) is 1. The van der Waals surface area contributed by atoms with Crippen LogP contribution in [0, 0.1) is 0 Å². The first kappa shape index (κ1) is 16.8. The molecule has 2 aliphatic carbocycles. The highest BCUT2D eigenvalue weighted by atomic mass is 28.3. The van der Waals surface area contributed by atoms with Gasteiger partial charge < -0.3 is 4.74 Å². The van der Waals surface area contributed by atoms with Gasteiger partial charge in [-0.15, -0.1) is 0 Å². The van der Waals surface area contributed by atoms with E-state index in [1.54, 1.807) is 15.6 Å². The Labute approximate surface area is 168 Å². The number of epoxide rings is 1. The Morgan fingerprint density at radius 1 is 0.607 bits per heavy atom. The molecule has 0 radical (unpaired) electrons. The fraction of sp³-hybridized carbons (Fsp3) is 0.308. The van der Waals surface area contributed by atoms with Crippen LogP contribution in [0.3, 0.4) is 0 Å². The first-order chi connectivity index (χ1) is 13.8. The molecule has 2 saturated carbocycles. The standard InChI is InChI=1S/C26H26OSi/c1-4-11-21(12-5-1)28(22-13-6-2-7-14-22,23-15-8-3-9-16-23)24-19-25-17-10-18-26(25,20-24)27-25/h1-9,11-16,24H,10,17-20H2/t24?,25-,26+. The first-order valence-corrected chi connectivity index (χ1v) is 12.7. The topological polar surface area (TPSA) is 12.5 Å². The quantitative estimate of drug-likeness (QED) is 0.377. The average molecular weight is 383 g/mol. The van der Waals surface area contributed by atoms with Crippen molar-refractivity contribution in [1.29, 1.82) is 0 Å². The first-order valence-electron chi connectivity index (χ1n) is 10.7. The van der Waals surface area contributed by atoms with Crippen molar-refractivity contribution in [3.05, 3.63) is 91.0 Å². The highest BCUT2D eigenvalue weighted by Gasteiger charge is 2.78. The smallest absolute Gasteiger partial charge is 0.151 e. The fourth-order valence-corrected chi connectivity index (χ4v) is 12.6. The van der Waals surface area contributed by atoms with Crippen LogP contribution in [-0.4, -0.2) is 19.3 Å². The second-order valence-electron chi connectivity index (χ2n) is 8.96. The van der Waals surface area contributed by atoms with Gasteiger partial charge >= 0.3 is 0 Å². The van der Waals surface area contributed by atoms with Crippen LogP contribution in [0.2, 0.25) is 5.54 Å². The average Bonchev–Trinajstić information content (AvgIpc) is 3.07. The predicted octanol–water partition coefficient (Wildman–Crippen LogP) is 4.01. The van der Waals surface area contributed by atoms with E-state index in [9.17, 15) is 0 Å². The van der Waals surface area contributed by atoms with Gasteiger partial charge in [0.2, 0.25) is 0 Å². The van der Waals surface area contributed by atoms with Gasteiger partial charge in [0, 0.05) is 0 Å². The SMILES string of the molecule is c1ccc([Si](c2ccccc2)(c2ccccc2)C2C[C@]34CCC[C@@]3(C2)O4)cc1. The van der Waals surface area contributed by atoms with Crippen molar-refractivity contribution in [2.75, 3.05) is 0 Å². The van der Waals surface area contributed by atoms with E-state index in [2.05, 4.69) is 91.0 Å². The van der Waals surface area contributed by atoms with Crippen LogP contribution in [0.4, 0.5) is 0 Å². The molecule has 6 rings (SSSR count). The van der Waals surface area contributed by atoms with E-state index in [-0.39, 0.29) is 11.2 Å². The van der Waals surface area contributed by atoms with Crippen LogP contribution in [-0.2, 0) is 4.74 Å². The van der Waals surface area contributed by atoms with Crippen LogP contribution >= 0.6 is 0 Å². The van der Waals surface area contributed by atoms with Gasteiger partial charge in [0.25, 0.3) is 0 Å². The van der Waals surface area contributed by atoms with Crippen molar-refractivity contribution in [3.8, 4) is 0 Å². The third kappa shape index (κ3) is 2.11. The zero-order chi connectivity index (χ0) is 18.7. The molecule has 1 unspecified atom stereocenters. The summed E-state index contributed by atoms with van der Waals surface area (Å²) in [4.78, 5) is 0. The Bertz CT molecular complexity index is 864. The normalized spacial score (nSPS) is 30.6. The third-order valence-corrected chi connectivity index (χ3v) is 13.2. The Balaban J connectivity index is 1.60. The Kier molecular flexibility index (Phi) is 3.54. The molecule has 0 spiro atoms. The Hall–Kier alpha value is -2.16. The summed E-state index contributed by atoms with van der Waals surface area (Å²) in [5.41, 5.74) is 1.09. The molecule has 0 amide bonds. The van der Waals surface area contributed by atoms with Gasteiger partial charge in [-0.2, -0.15) is 0 Å². The fourth-order valence-electron chi connectivity index (χ4n) is 6.71. The van der Waals surface area contributed by atoms with Gasteiger partial charge in [-0.25, -0.2) is 0 Å². The largest absolute Gasteiger partial charge is 0.363 e. The molecule has 1 aliphatic heterocycles. The van der Waals surface area contributed by atoms with E-state index >= 15 is 0 Å². The van der Waals surface area contributed by atoms with Crippen molar-refractivity contribution in [2.24, 2.45) is 0 Å². The molecule has 2 heteroatoms. The number of benzene rings is 3. The summed E-state index contributed by atoms with van der Waals surface area (Å²) in [7, 11) is -2.16. The summed E-state index contributed by atoms with van der Waals surface area (Å²) in [5.74, 6) is 0. The molecule has 1 heterocycles. The molecular formula is C26H26OSi. The highest BCUT2D eigenvalue weighted by molar-refractivity contribution is 7.12. The maximum atomic E-state index is 6.42. The second-order valence-corrected chi connectivity index (χ2v) is 13.1. The minimum atomic E-state index is -2.16. The number of hydrogen-bond acceptors (Lipinski definition) is 1. The van der Waals surface area contributed by atoms with Gasteiger partial charge in [0.1, 0.15) is 0 Å². The zero-order valence-electron chi connectivity index (χ0n) is 16.2. The van der Waals surface area contributed by atoms with Crippen molar-refractivity contribution in [2.45, 2.75) is 48.8 Å². The molecule has 140 valence electrons. The lowest BCUT2D eigenvalue weighted by Gasteiger charge is -2.40. The van der Waals surface area contributed by atoms with Gasteiger partial charge in [0.15, 0.2) is 8.07 Å². The summed E-state index contributed by atoms with van der Waals surface area (Å²) < 4.78 is 6.42. The Morgan fingerprint density at radius 3 is 1.39 bits per heavy atom. The molecule has 1 nitrogen and oxygen atoms in total. The molecule has 0 N–H and O–H groups in total. The molecular weight excluding hydrogens is 356 g/mol. The van der Waals surface area contributed by atoms with Crippen molar-refractivity contribution < 1.29 is 4.74 Å². The molecule has 0 bridgehead atoms. The third-order valence-electron chi connectivity index (χ3n) is 7.79. The second kappa shape index (κ2) is 5.92. The number of rotatable bonds is 4. The van der Waals surface area contributed by atoms with Gasteiger partial charge in [-0.1, -0.05) is 91.0 Å². The van der Waals surface area contributed by atoms with E-state index in [1.165, 1.54) is 32.1 Å². The van der Waals surface area contributed by atoms with Gasteiger partial charge in [-0.3, -0.25) is 0 Å². The summed E-state index contributed by atoms with van der Waals surface area (Å²) in [5, 5.41) is 4.64. The summed E-state index contributed by atoms with van der Waals surface area (Å²) >= 11 is 0. The molecule has 3 aromatic carbocycles. The molecule has 3 aromatic rings. The maximum absolute atomic E-state index is 6.42. The predicted molar refractivity (Wildman–Crippen MR) is 117 cm³/mol. The van der Waals surface area contributed by atoms with E-state index in [0.717, 1.165) is 0 Å². The lowest BCUT2D eigenvalue weighted by atomic mass is 10.0. The zero-order valence-corrected chi connectivity index (χ0v) is 17.2. The summed E-state index contributed by atoms with van der Waals surface area (Å²) in [6.45, 7) is 0. The van der Waals surface area contributed by atoms with Crippen LogP contribution in [0.1, 0.15) is 32.1 Å². The van der Waals surface area contributed by atoms with Crippen LogP contribution in [0.15, 0.2) is 91.0 Å². The Morgan fingerprint density at radius 2 is 1.00 bits per heavy atom. The van der Waals surface area contributed by atoms with Gasteiger partial charge in [-0.05, 0) is 53.2 Å². The molecule has 3 fully saturated rings. The number of hydrogen-bond donors (Lipinski definition) is 0. The molecule has 3 atom stereocenters. The van der Waals surface area contributed by atoms with E-state index in [0.29, 0.717) is 5.54 Å². The molecule has 1 saturated heterocycles. The summed E-state index contributed by atoms with van der Waals surface area (Å²) in [6.07, 6.45) is 6.36. The minimum Gasteiger partial charge on any atom is -0.363 e. The molecule has 0 aromatic heterocycles. The minimum absolute atomic E-state index is 0.203. The van der Waals surface area contributed by atoms with Crippen LogP contribution in [0.5, 0.6) is 0 Å². The monoisotopic (exact) mass is 382 g/mol. The lowest BCUT2D eigenvalue weighted by Crippen LogP contribution is -2.70. The van der Waals surface area contributed by atoms with Gasteiger partial charge in [0.05, 0.1) is 11.2 Å².